The number of rotatable bonds is 5. The lowest BCUT2D eigenvalue weighted by molar-refractivity contribution is -0.144. The van der Waals surface area contributed by atoms with Crippen LogP contribution in [0.3, 0.4) is 0 Å². The molecule has 2 aromatic rings. The van der Waals surface area contributed by atoms with Gasteiger partial charge in [0, 0.05) is 17.6 Å². The number of hydrogen-bond donors (Lipinski definition) is 1. The monoisotopic (exact) mass is 301 g/mol. The summed E-state index contributed by atoms with van der Waals surface area (Å²) in [7, 11) is 0. The molecule has 1 N–H and O–H groups in total. The molecule has 1 heterocycles. The lowest BCUT2D eigenvalue weighted by Crippen LogP contribution is -2.16. The van der Waals surface area contributed by atoms with E-state index in [4.69, 9.17) is 0 Å². The van der Waals surface area contributed by atoms with Crippen molar-refractivity contribution in [3.05, 3.63) is 41.7 Å². The molecule has 0 saturated carbocycles. The first-order valence-corrected chi connectivity index (χ1v) is 6.94. The lowest BCUT2D eigenvalue weighted by Gasteiger charge is -2.12. The Balaban J connectivity index is 1.85. The molecule has 0 aliphatic heterocycles. The van der Waals surface area contributed by atoms with Gasteiger partial charge in [-0.25, -0.2) is 0 Å². The van der Waals surface area contributed by atoms with E-state index >= 15 is 0 Å². The zero-order valence-corrected chi connectivity index (χ0v) is 11.6. The van der Waals surface area contributed by atoms with E-state index in [0.29, 0.717) is 0 Å². The van der Waals surface area contributed by atoms with Crippen molar-refractivity contribution in [2.75, 3.05) is 5.32 Å². The molecular weight excluding hydrogens is 287 g/mol. The van der Waals surface area contributed by atoms with E-state index < -0.39 is 12.0 Å². The first-order chi connectivity index (χ1) is 9.45. The molecule has 0 saturated heterocycles. The van der Waals surface area contributed by atoms with E-state index in [1.165, 1.54) is 5.56 Å². The summed E-state index contributed by atoms with van der Waals surface area (Å²) in [6.45, 7) is 1.91. The highest BCUT2D eigenvalue weighted by Crippen LogP contribution is 2.29. The van der Waals surface area contributed by atoms with Crippen LogP contribution in [-0.2, 0) is 12.6 Å². The molecule has 1 aromatic carbocycles. The van der Waals surface area contributed by atoms with Crippen LogP contribution in [0.2, 0.25) is 0 Å². The lowest BCUT2D eigenvalue weighted by atomic mass is 10.1. The maximum absolute atomic E-state index is 12.4. The van der Waals surface area contributed by atoms with E-state index in [1.807, 2.05) is 37.3 Å². The van der Waals surface area contributed by atoms with Crippen molar-refractivity contribution in [3.63, 3.8) is 0 Å². The topological polar surface area (TPSA) is 37.8 Å². The molecule has 7 heteroatoms. The van der Waals surface area contributed by atoms with E-state index in [9.17, 15) is 13.2 Å². The number of hydrogen-bond acceptors (Lipinski definition) is 4. The van der Waals surface area contributed by atoms with Crippen LogP contribution in [-0.4, -0.2) is 15.4 Å². The molecule has 0 bridgehead atoms. The summed E-state index contributed by atoms with van der Waals surface area (Å²) in [5.41, 5.74) is 1.20. The van der Waals surface area contributed by atoms with Gasteiger partial charge in [-0.05, 0) is 25.3 Å². The van der Waals surface area contributed by atoms with Crippen molar-refractivity contribution in [2.45, 2.75) is 32.0 Å². The molecular formula is C13H14F3N3S. The number of nitrogens with zero attached hydrogens (tertiary/aromatic N) is 2. The molecule has 1 aromatic heterocycles. The predicted octanol–water partition coefficient (Wildman–Crippen LogP) is 3.99. The number of benzene rings is 1. The second-order valence-corrected chi connectivity index (χ2v) is 5.24. The average molecular weight is 301 g/mol. The minimum Gasteiger partial charge on any atom is -0.358 e. The Morgan fingerprint density at radius 2 is 1.95 bits per heavy atom. The fraction of sp³-hybridized carbons (Fsp3) is 0.385. The predicted molar refractivity (Wildman–Crippen MR) is 72.8 cm³/mol. The van der Waals surface area contributed by atoms with Gasteiger partial charge in [-0.2, -0.15) is 22.5 Å². The van der Waals surface area contributed by atoms with Crippen molar-refractivity contribution >= 4 is 16.7 Å². The van der Waals surface area contributed by atoms with Gasteiger partial charge in [0.2, 0.25) is 11.0 Å². The summed E-state index contributed by atoms with van der Waals surface area (Å²) < 4.78 is 40.4. The van der Waals surface area contributed by atoms with Crippen molar-refractivity contribution in [3.8, 4) is 0 Å². The van der Waals surface area contributed by atoms with Gasteiger partial charge >= 0.3 is 6.18 Å². The number of aromatic nitrogens is 2. The van der Waals surface area contributed by atoms with Gasteiger partial charge in [0.1, 0.15) is 0 Å². The van der Waals surface area contributed by atoms with Gasteiger partial charge in [0.25, 0.3) is 0 Å². The van der Waals surface area contributed by atoms with E-state index in [0.717, 1.165) is 24.4 Å². The van der Waals surface area contributed by atoms with Gasteiger partial charge in [-0.15, -0.1) is 0 Å². The maximum Gasteiger partial charge on any atom is 0.452 e. The van der Waals surface area contributed by atoms with Crippen molar-refractivity contribution in [2.24, 2.45) is 0 Å². The van der Waals surface area contributed by atoms with Crippen molar-refractivity contribution < 1.29 is 13.2 Å². The second kappa shape index (κ2) is 6.21. The zero-order valence-electron chi connectivity index (χ0n) is 10.8. The Morgan fingerprint density at radius 3 is 2.55 bits per heavy atom. The highest BCUT2D eigenvalue weighted by molar-refractivity contribution is 7.09. The number of halogens is 3. The molecule has 0 aliphatic rings. The van der Waals surface area contributed by atoms with E-state index in [1.54, 1.807) is 0 Å². The van der Waals surface area contributed by atoms with Crippen LogP contribution in [0.5, 0.6) is 0 Å². The number of alkyl halides is 3. The maximum atomic E-state index is 12.4. The molecule has 1 unspecified atom stereocenters. The third kappa shape index (κ3) is 4.19. The Labute approximate surface area is 119 Å². The molecule has 3 nitrogen and oxygen atoms in total. The summed E-state index contributed by atoms with van der Waals surface area (Å²) >= 11 is 0.734. The van der Waals surface area contributed by atoms with Crippen molar-refractivity contribution in [1.82, 2.24) is 9.36 Å². The molecule has 20 heavy (non-hydrogen) atoms. The zero-order chi connectivity index (χ0) is 14.6. The molecule has 0 fully saturated rings. The highest BCUT2D eigenvalue weighted by atomic mass is 32.1. The molecule has 0 amide bonds. The Morgan fingerprint density at radius 1 is 1.25 bits per heavy atom. The van der Waals surface area contributed by atoms with Gasteiger partial charge in [-0.1, -0.05) is 30.3 Å². The second-order valence-electron chi connectivity index (χ2n) is 4.49. The molecule has 1 atom stereocenters. The molecule has 0 aliphatic carbocycles. The normalized spacial score (nSPS) is 13.2. The van der Waals surface area contributed by atoms with Gasteiger partial charge in [-0.3, -0.25) is 0 Å². The smallest absolute Gasteiger partial charge is 0.358 e. The molecule has 108 valence electrons. The minimum atomic E-state index is -4.48. The molecule has 0 spiro atoms. The third-order valence-corrected chi connectivity index (χ3v) is 3.40. The number of anilines is 1. The fourth-order valence-electron chi connectivity index (χ4n) is 1.71. The van der Waals surface area contributed by atoms with Crippen LogP contribution in [0.15, 0.2) is 30.3 Å². The van der Waals surface area contributed by atoms with Gasteiger partial charge in [0.05, 0.1) is 0 Å². The standard InChI is InChI=1S/C13H14F3N3S/c1-9(7-8-10-5-3-2-4-6-10)17-12-18-11(19-20-12)13(14,15)16/h2-6,9H,7-8H2,1H3,(H,17,18,19). The van der Waals surface area contributed by atoms with Crippen molar-refractivity contribution in [1.29, 1.82) is 0 Å². The number of nitrogens with one attached hydrogen (secondary N) is 1. The molecule has 0 radical (unpaired) electrons. The average Bonchev–Trinajstić information content (AvgIpc) is 2.86. The van der Waals surface area contributed by atoms with E-state index in [2.05, 4.69) is 14.7 Å². The van der Waals surface area contributed by atoms with Gasteiger partial charge in [0.15, 0.2) is 0 Å². The van der Waals surface area contributed by atoms with Crippen LogP contribution in [0.25, 0.3) is 0 Å². The fourth-order valence-corrected chi connectivity index (χ4v) is 2.41. The first kappa shape index (κ1) is 14.8. The van der Waals surface area contributed by atoms with E-state index in [-0.39, 0.29) is 11.2 Å². The van der Waals surface area contributed by atoms with Crippen LogP contribution in [0, 0.1) is 0 Å². The summed E-state index contributed by atoms with van der Waals surface area (Å²) in [6, 6.07) is 9.97. The van der Waals surface area contributed by atoms with Gasteiger partial charge < -0.3 is 5.32 Å². The quantitative estimate of drug-likeness (QED) is 0.907. The largest absolute Gasteiger partial charge is 0.452 e. The highest BCUT2D eigenvalue weighted by Gasteiger charge is 2.36. The summed E-state index contributed by atoms with van der Waals surface area (Å²) in [6.07, 6.45) is -2.81. The number of aryl methyl sites for hydroxylation is 1. The SMILES string of the molecule is CC(CCc1ccccc1)Nc1nc(C(F)(F)F)ns1. The Kier molecular flexibility index (Phi) is 4.59. The Bertz CT molecular complexity index is 539. The third-order valence-electron chi connectivity index (χ3n) is 2.76. The molecule has 2 rings (SSSR count). The van der Waals surface area contributed by atoms with Crippen LogP contribution < -0.4 is 5.32 Å². The Hall–Kier alpha value is -1.63. The summed E-state index contributed by atoms with van der Waals surface area (Å²) in [5, 5.41) is 3.16. The first-order valence-electron chi connectivity index (χ1n) is 6.16. The summed E-state index contributed by atoms with van der Waals surface area (Å²) in [5.74, 6) is -1.08. The van der Waals surface area contributed by atoms with Crippen LogP contribution >= 0.6 is 11.5 Å². The summed E-state index contributed by atoms with van der Waals surface area (Å²) in [4.78, 5) is 3.45. The van der Waals surface area contributed by atoms with Crippen LogP contribution in [0.4, 0.5) is 18.3 Å². The van der Waals surface area contributed by atoms with Crippen LogP contribution in [0.1, 0.15) is 24.7 Å². The minimum absolute atomic E-state index is 0.0317.